The van der Waals surface area contributed by atoms with Crippen molar-refractivity contribution in [3.63, 3.8) is 0 Å². The third-order valence-corrected chi connectivity index (χ3v) is 2.99. The maximum Gasteiger partial charge on any atom is 0.125 e. The molecule has 15 heavy (non-hydrogen) atoms. The molecule has 1 aromatic rings. The monoisotopic (exact) mass is 272 g/mol. The normalized spacial score (nSPS) is 18.3. The van der Waals surface area contributed by atoms with Gasteiger partial charge in [0.05, 0.1) is 25.2 Å². The number of ether oxygens (including phenoxy) is 1. The van der Waals surface area contributed by atoms with Crippen molar-refractivity contribution in [1.29, 1.82) is 0 Å². The summed E-state index contributed by atoms with van der Waals surface area (Å²) in [5, 5.41) is 12.4. The molecule has 0 bridgehead atoms. The summed E-state index contributed by atoms with van der Waals surface area (Å²) in [5.74, 6) is 0.818. The Morgan fingerprint density at radius 1 is 1.53 bits per heavy atom. The van der Waals surface area contributed by atoms with Crippen LogP contribution in [0.1, 0.15) is 0 Å². The third kappa shape index (κ3) is 2.48. The van der Waals surface area contributed by atoms with Crippen molar-refractivity contribution in [2.75, 3.05) is 31.7 Å². The molecule has 1 aliphatic heterocycles. The van der Waals surface area contributed by atoms with Crippen LogP contribution in [0.5, 0.6) is 0 Å². The van der Waals surface area contributed by atoms with Crippen molar-refractivity contribution in [3.8, 4) is 0 Å². The van der Waals surface area contributed by atoms with Crippen LogP contribution in [-0.4, -0.2) is 36.5 Å². The Morgan fingerprint density at radius 3 is 2.80 bits per heavy atom. The van der Waals surface area contributed by atoms with Gasteiger partial charge in [-0.2, -0.15) is 0 Å². The molecule has 2 rings (SSSR count). The van der Waals surface area contributed by atoms with Crippen LogP contribution in [0.4, 0.5) is 5.82 Å². The van der Waals surface area contributed by atoms with E-state index in [0.29, 0.717) is 19.8 Å². The first-order valence-corrected chi connectivity index (χ1v) is 5.57. The Balaban J connectivity index is 1.90. The molecule has 0 saturated carbocycles. The van der Waals surface area contributed by atoms with Crippen molar-refractivity contribution in [2.24, 2.45) is 5.41 Å². The number of aliphatic hydroxyl groups is 1. The largest absolute Gasteiger partial charge is 0.396 e. The molecule has 1 fully saturated rings. The molecule has 0 radical (unpaired) electrons. The third-order valence-electron chi connectivity index (χ3n) is 2.52. The fraction of sp³-hybridized carbons (Fsp3) is 0.500. The highest BCUT2D eigenvalue weighted by Crippen LogP contribution is 2.26. The lowest BCUT2D eigenvalue weighted by Crippen LogP contribution is -2.50. The maximum atomic E-state index is 9.21. The Kier molecular flexibility index (Phi) is 3.23. The average Bonchev–Trinajstić information content (AvgIpc) is 2.20. The Labute approximate surface area is 96.8 Å². The van der Waals surface area contributed by atoms with Crippen molar-refractivity contribution in [3.05, 3.63) is 22.8 Å². The molecule has 2 heterocycles. The molecule has 0 aromatic carbocycles. The molecule has 1 aliphatic rings. The summed E-state index contributed by atoms with van der Waals surface area (Å²) in [4.78, 5) is 4.19. The van der Waals surface area contributed by atoms with Crippen molar-refractivity contribution in [2.45, 2.75) is 0 Å². The summed E-state index contributed by atoms with van der Waals surface area (Å²) in [6.07, 6.45) is 1.74. The first kappa shape index (κ1) is 10.9. The van der Waals surface area contributed by atoms with Gasteiger partial charge in [0.1, 0.15) is 5.82 Å². The number of pyridine rings is 1. The number of nitrogens with one attached hydrogen (secondary N) is 1. The maximum absolute atomic E-state index is 9.21. The molecule has 0 atom stereocenters. The van der Waals surface area contributed by atoms with E-state index < -0.39 is 0 Å². The van der Waals surface area contributed by atoms with Gasteiger partial charge in [-0.3, -0.25) is 0 Å². The van der Waals surface area contributed by atoms with Crippen LogP contribution in [0, 0.1) is 5.41 Å². The van der Waals surface area contributed by atoms with Crippen molar-refractivity contribution in [1.82, 2.24) is 4.98 Å². The van der Waals surface area contributed by atoms with Gasteiger partial charge < -0.3 is 15.2 Å². The van der Waals surface area contributed by atoms with Gasteiger partial charge in [-0.15, -0.1) is 0 Å². The van der Waals surface area contributed by atoms with Gasteiger partial charge in [0, 0.05) is 17.2 Å². The van der Waals surface area contributed by atoms with Crippen LogP contribution in [-0.2, 0) is 4.74 Å². The van der Waals surface area contributed by atoms with Crippen molar-refractivity contribution < 1.29 is 9.84 Å². The fourth-order valence-corrected chi connectivity index (χ4v) is 1.63. The summed E-state index contributed by atoms with van der Waals surface area (Å²) in [7, 11) is 0. The first-order chi connectivity index (χ1) is 7.24. The highest BCUT2D eigenvalue weighted by Gasteiger charge is 2.37. The second-order valence-electron chi connectivity index (χ2n) is 3.87. The molecule has 0 unspecified atom stereocenters. The smallest absolute Gasteiger partial charge is 0.125 e. The number of anilines is 1. The zero-order valence-corrected chi connectivity index (χ0v) is 9.83. The van der Waals surface area contributed by atoms with Crippen LogP contribution in [0.3, 0.4) is 0 Å². The van der Waals surface area contributed by atoms with Gasteiger partial charge in [-0.05, 0) is 28.1 Å². The lowest BCUT2D eigenvalue weighted by Gasteiger charge is -2.39. The number of hydrogen-bond acceptors (Lipinski definition) is 4. The van der Waals surface area contributed by atoms with Crippen LogP contribution >= 0.6 is 15.9 Å². The summed E-state index contributed by atoms with van der Waals surface area (Å²) >= 11 is 3.32. The summed E-state index contributed by atoms with van der Waals surface area (Å²) in [6, 6.07) is 3.83. The molecule has 5 heteroatoms. The van der Waals surface area contributed by atoms with Gasteiger partial charge in [-0.1, -0.05) is 0 Å². The first-order valence-electron chi connectivity index (χ1n) is 4.78. The molecule has 2 N–H and O–H groups in total. The van der Waals surface area contributed by atoms with Crippen LogP contribution in [0.25, 0.3) is 0 Å². The number of aliphatic hydroxyl groups excluding tert-OH is 1. The SMILES string of the molecule is OCC1(CNc2ccc(Br)cn2)COC1. The number of hydrogen-bond donors (Lipinski definition) is 2. The van der Waals surface area contributed by atoms with Gasteiger partial charge in [0.2, 0.25) is 0 Å². The molecule has 0 amide bonds. The molecule has 1 aromatic heterocycles. The summed E-state index contributed by atoms with van der Waals surface area (Å²) in [6.45, 7) is 2.08. The fourth-order valence-electron chi connectivity index (χ4n) is 1.40. The van der Waals surface area contributed by atoms with E-state index in [-0.39, 0.29) is 12.0 Å². The molecule has 4 nitrogen and oxygen atoms in total. The van der Waals surface area contributed by atoms with Crippen LogP contribution < -0.4 is 5.32 Å². The summed E-state index contributed by atoms with van der Waals surface area (Å²) < 4.78 is 6.06. The molecule has 0 aliphatic carbocycles. The number of halogens is 1. The molecule has 1 saturated heterocycles. The van der Waals surface area contributed by atoms with E-state index in [1.165, 1.54) is 0 Å². The van der Waals surface area contributed by atoms with E-state index in [1.54, 1.807) is 6.20 Å². The topological polar surface area (TPSA) is 54.4 Å². The zero-order valence-electron chi connectivity index (χ0n) is 8.24. The lowest BCUT2D eigenvalue weighted by molar-refractivity contribution is -0.128. The minimum absolute atomic E-state index is 0.116. The van der Waals surface area contributed by atoms with E-state index in [1.807, 2.05) is 12.1 Å². The second-order valence-corrected chi connectivity index (χ2v) is 4.78. The lowest BCUT2D eigenvalue weighted by atomic mass is 9.87. The molecule has 82 valence electrons. The highest BCUT2D eigenvalue weighted by molar-refractivity contribution is 9.10. The van der Waals surface area contributed by atoms with E-state index in [0.717, 1.165) is 10.3 Å². The van der Waals surface area contributed by atoms with Crippen LogP contribution in [0.2, 0.25) is 0 Å². The standard InChI is InChI=1S/C10H13BrN2O2/c11-8-1-2-9(12-3-8)13-4-10(5-14)6-15-7-10/h1-3,14H,4-7H2,(H,12,13). The Bertz CT molecular complexity index is 319. The average molecular weight is 273 g/mol. The molecular formula is C10H13BrN2O2. The van der Waals surface area contributed by atoms with Gasteiger partial charge >= 0.3 is 0 Å². The second kappa shape index (κ2) is 4.47. The molecule has 0 spiro atoms. The molecular weight excluding hydrogens is 260 g/mol. The Hall–Kier alpha value is -0.650. The van der Waals surface area contributed by atoms with E-state index in [9.17, 15) is 5.11 Å². The highest BCUT2D eigenvalue weighted by atomic mass is 79.9. The minimum Gasteiger partial charge on any atom is -0.396 e. The van der Waals surface area contributed by atoms with E-state index in [2.05, 4.69) is 26.2 Å². The quantitative estimate of drug-likeness (QED) is 0.867. The predicted octanol–water partition coefficient (Wildman–Crippen LogP) is 1.26. The van der Waals surface area contributed by atoms with E-state index >= 15 is 0 Å². The van der Waals surface area contributed by atoms with Crippen LogP contribution in [0.15, 0.2) is 22.8 Å². The zero-order chi connectivity index (χ0) is 10.7. The number of nitrogens with zero attached hydrogens (tertiary/aromatic N) is 1. The number of aromatic nitrogens is 1. The summed E-state index contributed by atoms with van der Waals surface area (Å²) in [5.41, 5.74) is -0.116. The van der Waals surface area contributed by atoms with Crippen molar-refractivity contribution >= 4 is 21.7 Å². The van der Waals surface area contributed by atoms with E-state index in [4.69, 9.17) is 4.74 Å². The van der Waals surface area contributed by atoms with Gasteiger partial charge in [-0.25, -0.2) is 4.98 Å². The minimum atomic E-state index is -0.116. The Morgan fingerprint density at radius 2 is 2.33 bits per heavy atom. The number of rotatable bonds is 4. The van der Waals surface area contributed by atoms with Gasteiger partial charge in [0.15, 0.2) is 0 Å². The predicted molar refractivity (Wildman–Crippen MR) is 60.8 cm³/mol. The van der Waals surface area contributed by atoms with Gasteiger partial charge in [0.25, 0.3) is 0 Å².